The normalized spacial score (nSPS) is 32.7. The number of ether oxygens (including phenoxy) is 2. The van der Waals surface area contributed by atoms with E-state index in [4.69, 9.17) is 9.47 Å². The smallest absolute Gasteiger partial charge is 0.0935 e. The lowest BCUT2D eigenvalue weighted by molar-refractivity contribution is -0.0958. The fourth-order valence-corrected chi connectivity index (χ4v) is 3.28. The van der Waals surface area contributed by atoms with Gasteiger partial charge < -0.3 is 14.8 Å². The predicted molar refractivity (Wildman–Crippen MR) is 82.1 cm³/mol. The van der Waals surface area contributed by atoms with Crippen LogP contribution in [-0.4, -0.2) is 62.0 Å². The van der Waals surface area contributed by atoms with Gasteiger partial charge in [-0.2, -0.15) is 0 Å². The summed E-state index contributed by atoms with van der Waals surface area (Å²) in [6.45, 7) is 11.5. The van der Waals surface area contributed by atoms with Gasteiger partial charge in [-0.3, -0.25) is 4.90 Å². The van der Waals surface area contributed by atoms with Crippen molar-refractivity contribution in [3.63, 3.8) is 0 Å². The number of hydrogen-bond acceptors (Lipinski definition) is 4. The first-order chi connectivity index (χ1) is 9.69. The molecule has 2 fully saturated rings. The molecular weight excluding hydrogens is 252 g/mol. The Hall–Kier alpha value is -0.160. The molecule has 0 aromatic carbocycles. The van der Waals surface area contributed by atoms with Gasteiger partial charge in [-0.05, 0) is 46.1 Å². The van der Waals surface area contributed by atoms with Crippen molar-refractivity contribution in [2.45, 2.75) is 70.7 Å². The van der Waals surface area contributed by atoms with E-state index in [9.17, 15) is 0 Å². The van der Waals surface area contributed by atoms with Gasteiger partial charge in [0.2, 0.25) is 0 Å². The molecule has 1 aliphatic carbocycles. The highest BCUT2D eigenvalue weighted by atomic mass is 16.5. The van der Waals surface area contributed by atoms with Crippen LogP contribution >= 0.6 is 0 Å². The average molecular weight is 284 g/mol. The fraction of sp³-hybridized carbons (Fsp3) is 1.00. The number of morpholine rings is 1. The summed E-state index contributed by atoms with van der Waals surface area (Å²) in [4.78, 5) is 2.49. The maximum absolute atomic E-state index is 6.10. The Morgan fingerprint density at radius 1 is 1.25 bits per heavy atom. The second kappa shape index (κ2) is 8.32. The Balaban J connectivity index is 1.63. The fourth-order valence-electron chi connectivity index (χ4n) is 3.28. The molecule has 2 rings (SSSR count). The monoisotopic (exact) mass is 284 g/mol. The Kier molecular flexibility index (Phi) is 6.75. The van der Waals surface area contributed by atoms with Crippen LogP contribution in [0.5, 0.6) is 0 Å². The van der Waals surface area contributed by atoms with E-state index < -0.39 is 0 Å². The summed E-state index contributed by atoms with van der Waals surface area (Å²) in [5.74, 6) is 0. The zero-order valence-electron chi connectivity index (χ0n) is 13.4. The number of rotatable bonds is 6. The van der Waals surface area contributed by atoms with Crippen molar-refractivity contribution in [2.75, 3.05) is 32.8 Å². The van der Waals surface area contributed by atoms with E-state index in [1.165, 1.54) is 25.7 Å². The number of nitrogens with zero attached hydrogens (tertiary/aromatic N) is 1. The van der Waals surface area contributed by atoms with E-state index in [0.29, 0.717) is 18.2 Å². The zero-order chi connectivity index (χ0) is 14.4. The lowest BCUT2D eigenvalue weighted by atomic mass is 9.93. The Labute approximate surface area is 124 Å². The Morgan fingerprint density at radius 3 is 2.65 bits per heavy atom. The molecule has 4 nitrogen and oxygen atoms in total. The summed E-state index contributed by atoms with van der Waals surface area (Å²) in [6, 6.07) is 1.32. The molecule has 1 saturated heterocycles. The van der Waals surface area contributed by atoms with Gasteiger partial charge in [0.25, 0.3) is 0 Å². The van der Waals surface area contributed by atoms with Crippen LogP contribution in [0.2, 0.25) is 0 Å². The molecule has 1 N–H and O–H groups in total. The highest BCUT2D eigenvalue weighted by Gasteiger charge is 2.25. The summed E-state index contributed by atoms with van der Waals surface area (Å²) < 4.78 is 11.9. The minimum atomic E-state index is 0.262. The first-order valence-electron chi connectivity index (χ1n) is 8.39. The summed E-state index contributed by atoms with van der Waals surface area (Å²) >= 11 is 0. The van der Waals surface area contributed by atoms with Crippen molar-refractivity contribution in [3.8, 4) is 0 Å². The lowest BCUT2D eigenvalue weighted by Crippen LogP contribution is -2.47. The van der Waals surface area contributed by atoms with Crippen LogP contribution in [0.4, 0.5) is 0 Å². The van der Waals surface area contributed by atoms with Gasteiger partial charge in [0.05, 0.1) is 25.4 Å². The Bertz CT molecular complexity index is 265. The molecule has 1 saturated carbocycles. The van der Waals surface area contributed by atoms with Gasteiger partial charge in [-0.25, -0.2) is 0 Å². The second-order valence-corrected chi connectivity index (χ2v) is 6.45. The molecule has 0 spiro atoms. The summed E-state index contributed by atoms with van der Waals surface area (Å²) in [5.41, 5.74) is 0. The highest BCUT2D eigenvalue weighted by Crippen LogP contribution is 2.22. The molecule has 1 aliphatic heterocycles. The van der Waals surface area contributed by atoms with Crippen molar-refractivity contribution < 1.29 is 9.47 Å². The minimum absolute atomic E-state index is 0.262. The summed E-state index contributed by atoms with van der Waals surface area (Å²) in [5, 5.41) is 3.54. The van der Waals surface area contributed by atoms with E-state index in [1.807, 2.05) is 0 Å². The quantitative estimate of drug-likeness (QED) is 0.809. The third-order valence-electron chi connectivity index (χ3n) is 4.59. The Morgan fingerprint density at radius 2 is 2.00 bits per heavy atom. The van der Waals surface area contributed by atoms with E-state index in [2.05, 4.69) is 31.0 Å². The molecule has 2 aliphatic rings. The molecule has 0 amide bonds. The molecule has 20 heavy (non-hydrogen) atoms. The largest absolute Gasteiger partial charge is 0.375 e. The van der Waals surface area contributed by atoms with Crippen molar-refractivity contribution in [3.05, 3.63) is 0 Å². The molecule has 1 heterocycles. The van der Waals surface area contributed by atoms with Crippen LogP contribution in [0.25, 0.3) is 0 Å². The van der Waals surface area contributed by atoms with Crippen LogP contribution in [0.1, 0.15) is 46.5 Å². The van der Waals surface area contributed by atoms with Gasteiger partial charge in [-0.15, -0.1) is 0 Å². The van der Waals surface area contributed by atoms with E-state index >= 15 is 0 Å². The van der Waals surface area contributed by atoms with E-state index in [0.717, 1.165) is 32.8 Å². The molecule has 1 atom stereocenters. The van der Waals surface area contributed by atoms with Crippen molar-refractivity contribution >= 4 is 0 Å². The van der Waals surface area contributed by atoms with Crippen LogP contribution in [0.15, 0.2) is 0 Å². The first-order valence-corrected chi connectivity index (χ1v) is 8.39. The zero-order valence-corrected chi connectivity index (χ0v) is 13.4. The van der Waals surface area contributed by atoms with Crippen LogP contribution in [-0.2, 0) is 9.47 Å². The molecule has 0 bridgehead atoms. The number of nitrogens with one attached hydrogen (secondary N) is 1. The minimum Gasteiger partial charge on any atom is -0.375 e. The van der Waals surface area contributed by atoms with E-state index in [-0.39, 0.29) is 6.10 Å². The number of hydrogen-bond donors (Lipinski definition) is 1. The summed E-state index contributed by atoms with van der Waals surface area (Å²) in [6.07, 6.45) is 5.60. The highest BCUT2D eigenvalue weighted by molar-refractivity contribution is 4.78. The lowest BCUT2D eigenvalue weighted by Gasteiger charge is -2.36. The molecule has 118 valence electrons. The third-order valence-corrected chi connectivity index (χ3v) is 4.59. The van der Waals surface area contributed by atoms with Crippen LogP contribution in [0.3, 0.4) is 0 Å². The maximum atomic E-state index is 6.10. The summed E-state index contributed by atoms with van der Waals surface area (Å²) in [7, 11) is 0. The van der Waals surface area contributed by atoms with Gasteiger partial charge in [0.1, 0.15) is 0 Å². The second-order valence-electron chi connectivity index (χ2n) is 6.45. The van der Waals surface area contributed by atoms with Gasteiger partial charge in [0.15, 0.2) is 0 Å². The predicted octanol–water partition coefficient (Wildman–Crippen LogP) is 2.03. The molecule has 1 unspecified atom stereocenters. The van der Waals surface area contributed by atoms with Gasteiger partial charge >= 0.3 is 0 Å². The molecular formula is C16H32N2O2. The SMILES string of the molecule is CCNC1CCC(OCC2CN(C(C)C)CCO2)CC1. The maximum Gasteiger partial charge on any atom is 0.0935 e. The van der Waals surface area contributed by atoms with Crippen LogP contribution < -0.4 is 5.32 Å². The molecule has 4 heteroatoms. The van der Waals surface area contributed by atoms with Crippen molar-refractivity contribution in [2.24, 2.45) is 0 Å². The van der Waals surface area contributed by atoms with Gasteiger partial charge in [-0.1, -0.05) is 6.92 Å². The van der Waals surface area contributed by atoms with E-state index in [1.54, 1.807) is 0 Å². The molecule has 0 aromatic rings. The van der Waals surface area contributed by atoms with Crippen molar-refractivity contribution in [1.82, 2.24) is 10.2 Å². The topological polar surface area (TPSA) is 33.7 Å². The van der Waals surface area contributed by atoms with Crippen LogP contribution in [0, 0.1) is 0 Å². The first kappa shape index (κ1) is 16.2. The molecule has 0 radical (unpaired) electrons. The standard InChI is InChI=1S/C16H32N2O2/c1-4-17-14-5-7-15(8-6-14)20-12-16-11-18(13(2)3)9-10-19-16/h13-17H,4-12H2,1-3H3. The third kappa shape index (κ3) is 4.99. The van der Waals surface area contributed by atoms with Gasteiger partial charge in [0, 0.05) is 25.2 Å². The average Bonchev–Trinajstić information content (AvgIpc) is 2.47. The van der Waals surface area contributed by atoms with Crippen molar-refractivity contribution in [1.29, 1.82) is 0 Å². The molecule has 0 aromatic heterocycles.